The Balaban J connectivity index is 2.45. The molecule has 0 atom stereocenters. The summed E-state index contributed by atoms with van der Waals surface area (Å²) in [6, 6.07) is 9.41. The van der Waals surface area contributed by atoms with Gasteiger partial charge in [0.1, 0.15) is 17.4 Å². The molecule has 5 nitrogen and oxygen atoms in total. The van der Waals surface area contributed by atoms with Crippen molar-refractivity contribution in [2.24, 2.45) is 0 Å². The van der Waals surface area contributed by atoms with Crippen LogP contribution in [-0.4, -0.2) is 8.42 Å². The molecule has 108 valence electrons. The maximum absolute atomic E-state index is 13.5. The molecule has 0 spiro atoms. The minimum Gasteiger partial charge on any atom is -0.398 e. The van der Waals surface area contributed by atoms with Gasteiger partial charge in [-0.3, -0.25) is 4.72 Å². The number of nitrogens with zero attached hydrogens (tertiary/aromatic N) is 1. The van der Waals surface area contributed by atoms with Crippen molar-refractivity contribution < 1.29 is 12.8 Å². The Morgan fingerprint density at radius 3 is 2.62 bits per heavy atom. The molecule has 0 bridgehead atoms. The van der Waals surface area contributed by atoms with E-state index in [2.05, 4.69) is 20.7 Å². The minimum atomic E-state index is -3.97. The van der Waals surface area contributed by atoms with Gasteiger partial charge in [-0.05, 0) is 46.3 Å². The quantitative estimate of drug-likeness (QED) is 0.812. The first-order valence-corrected chi connectivity index (χ1v) is 7.89. The second-order valence-electron chi connectivity index (χ2n) is 4.06. The number of nitrogens with two attached hydrogens (primary N) is 1. The molecule has 0 fully saturated rings. The fourth-order valence-corrected chi connectivity index (χ4v) is 2.97. The summed E-state index contributed by atoms with van der Waals surface area (Å²) in [5.41, 5.74) is 5.39. The van der Waals surface area contributed by atoms with Crippen LogP contribution in [0.25, 0.3) is 0 Å². The number of benzene rings is 2. The lowest BCUT2D eigenvalue weighted by molar-refractivity contribution is 0.601. The molecular formula is C13H9BrFN3O2S. The Morgan fingerprint density at radius 1 is 1.29 bits per heavy atom. The Kier molecular flexibility index (Phi) is 4.16. The summed E-state index contributed by atoms with van der Waals surface area (Å²) in [6.45, 7) is 0. The second kappa shape index (κ2) is 5.71. The SMILES string of the molecule is N#Cc1c(F)cccc1NS(=O)(=O)c1ccc(Br)c(N)c1. The molecule has 0 amide bonds. The molecule has 2 aromatic rings. The van der Waals surface area contributed by atoms with Crippen LogP contribution in [0.3, 0.4) is 0 Å². The van der Waals surface area contributed by atoms with Gasteiger partial charge in [0.2, 0.25) is 0 Å². The van der Waals surface area contributed by atoms with Crippen molar-refractivity contribution in [3.8, 4) is 6.07 Å². The summed E-state index contributed by atoms with van der Waals surface area (Å²) in [5.74, 6) is -0.798. The Labute approximate surface area is 129 Å². The van der Waals surface area contributed by atoms with Crippen LogP contribution < -0.4 is 10.5 Å². The molecule has 0 unspecified atom stereocenters. The Morgan fingerprint density at radius 2 is 2.00 bits per heavy atom. The van der Waals surface area contributed by atoms with E-state index in [-0.39, 0.29) is 21.8 Å². The van der Waals surface area contributed by atoms with E-state index in [1.165, 1.54) is 30.3 Å². The summed E-state index contributed by atoms with van der Waals surface area (Å²) in [7, 11) is -3.97. The molecule has 0 aliphatic carbocycles. The lowest BCUT2D eigenvalue weighted by atomic mass is 10.2. The predicted octanol–water partition coefficient (Wildman–Crippen LogP) is 2.84. The number of nitrogen functional groups attached to an aromatic ring is 1. The number of halogens is 2. The standard InChI is InChI=1S/C13H9BrFN3O2S/c14-10-5-4-8(6-12(10)17)21(19,20)18-13-3-1-2-11(15)9(13)7-16/h1-6,18H,17H2. The zero-order valence-electron chi connectivity index (χ0n) is 10.5. The van der Waals surface area contributed by atoms with Crippen LogP contribution in [0.2, 0.25) is 0 Å². The van der Waals surface area contributed by atoms with Gasteiger partial charge < -0.3 is 5.73 Å². The molecule has 3 N–H and O–H groups in total. The second-order valence-corrected chi connectivity index (χ2v) is 6.60. The monoisotopic (exact) mass is 369 g/mol. The topological polar surface area (TPSA) is 96.0 Å². The highest BCUT2D eigenvalue weighted by Gasteiger charge is 2.18. The fourth-order valence-electron chi connectivity index (χ4n) is 1.62. The van der Waals surface area contributed by atoms with Crippen LogP contribution in [0.5, 0.6) is 0 Å². The molecule has 0 aromatic heterocycles. The van der Waals surface area contributed by atoms with Crippen molar-refractivity contribution in [1.29, 1.82) is 5.26 Å². The number of nitrogens with one attached hydrogen (secondary N) is 1. The molecule has 8 heteroatoms. The highest BCUT2D eigenvalue weighted by molar-refractivity contribution is 9.10. The van der Waals surface area contributed by atoms with Crippen molar-refractivity contribution in [3.63, 3.8) is 0 Å². The van der Waals surface area contributed by atoms with E-state index in [4.69, 9.17) is 11.0 Å². The highest BCUT2D eigenvalue weighted by Crippen LogP contribution is 2.26. The van der Waals surface area contributed by atoms with Crippen molar-refractivity contribution >= 4 is 37.3 Å². The van der Waals surface area contributed by atoms with Gasteiger partial charge in [0.15, 0.2) is 0 Å². The first-order chi connectivity index (χ1) is 9.85. The van der Waals surface area contributed by atoms with E-state index < -0.39 is 15.8 Å². The molecular weight excluding hydrogens is 361 g/mol. The van der Waals surface area contributed by atoms with Crippen LogP contribution >= 0.6 is 15.9 Å². The average molecular weight is 370 g/mol. The van der Waals surface area contributed by atoms with E-state index in [0.29, 0.717) is 4.47 Å². The van der Waals surface area contributed by atoms with Crippen LogP contribution in [0.15, 0.2) is 45.8 Å². The first kappa shape index (κ1) is 15.3. The number of hydrogen-bond donors (Lipinski definition) is 2. The number of anilines is 2. The Bertz CT molecular complexity index is 847. The molecule has 2 rings (SSSR count). The van der Waals surface area contributed by atoms with Crippen LogP contribution in [0.4, 0.5) is 15.8 Å². The number of nitriles is 1. The predicted molar refractivity (Wildman–Crippen MR) is 80.5 cm³/mol. The molecule has 0 saturated carbocycles. The third kappa shape index (κ3) is 3.15. The maximum atomic E-state index is 13.5. The van der Waals surface area contributed by atoms with Crippen molar-refractivity contribution in [2.45, 2.75) is 4.90 Å². The normalized spacial score (nSPS) is 10.9. The van der Waals surface area contributed by atoms with Gasteiger partial charge in [-0.25, -0.2) is 12.8 Å². The van der Waals surface area contributed by atoms with Crippen molar-refractivity contribution in [3.05, 3.63) is 52.3 Å². The van der Waals surface area contributed by atoms with E-state index in [0.717, 1.165) is 6.07 Å². The zero-order chi connectivity index (χ0) is 15.6. The zero-order valence-corrected chi connectivity index (χ0v) is 12.9. The van der Waals surface area contributed by atoms with Gasteiger partial charge in [-0.1, -0.05) is 6.07 Å². The third-order valence-corrected chi connectivity index (χ3v) is 4.73. The van der Waals surface area contributed by atoms with E-state index in [9.17, 15) is 12.8 Å². The van der Waals surface area contributed by atoms with Gasteiger partial charge in [0.25, 0.3) is 10.0 Å². The van der Waals surface area contributed by atoms with Crippen LogP contribution in [0.1, 0.15) is 5.56 Å². The van der Waals surface area contributed by atoms with E-state index in [1.807, 2.05) is 0 Å². The summed E-state index contributed by atoms with van der Waals surface area (Å²) >= 11 is 3.16. The summed E-state index contributed by atoms with van der Waals surface area (Å²) in [4.78, 5) is -0.0867. The van der Waals surface area contributed by atoms with E-state index in [1.54, 1.807) is 6.07 Å². The van der Waals surface area contributed by atoms with Gasteiger partial charge in [-0.15, -0.1) is 0 Å². The number of sulfonamides is 1. The minimum absolute atomic E-state index is 0.0867. The molecule has 21 heavy (non-hydrogen) atoms. The molecule has 0 saturated heterocycles. The molecule has 0 aliphatic rings. The van der Waals surface area contributed by atoms with Gasteiger partial charge in [0, 0.05) is 10.2 Å². The first-order valence-electron chi connectivity index (χ1n) is 5.61. The lowest BCUT2D eigenvalue weighted by Crippen LogP contribution is -2.14. The number of hydrogen-bond acceptors (Lipinski definition) is 4. The smallest absolute Gasteiger partial charge is 0.262 e. The molecule has 0 aliphatic heterocycles. The highest BCUT2D eigenvalue weighted by atomic mass is 79.9. The van der Waals surface area contributed by atoms with Crippen molar-refractivity contribution in [2.75, 3.05) is 10.5 Å². The van der Waals surface area contributed by atoms with Gasteiger partial charge in [0.05, 0.1) is 10.6 Å². The largest absolute Gasteiger partial charge is 0.398 e. The van der Waals surface area contributed by atoms with Crippen LogP contribution in [-0.2, 0) is 10.0 Å². The average Bonchev–Trinajstić information content (AvgIpc) is 2.41. The summed E-state index contributed by atoms with van der Waals surface area (Å²) < 4.78 is 40.7. The molecule has 0 heterocycles. The Hall–Kier alpha value is -2.11. The lowest BCUT2D eigenvalue weighted by Gasteiger charge is -2.10. The number of rotatable bonds is 3. The van der Waals surface area contributed by atoms with Gasteiger partial charge >= 0.3 is 0 Å². The van der Waals surface area contributed by atoms with Gasteiger partial charge in [-0.2, -0.15) is 5.26 Å². The maximum Gasteiger partial charge on any atom is 0.262 e. The summed E-state index contributed by atoms with van der Waals surface area (Å²) in [5, 5.41) is 8.90. The van der Waals surface area contributed by atoms with Crippen LogP contribution in [0, 0.1) is 17.1 Å². The third-order valence-electron chi connectivity index (χ3n) is 2.65. The fraction of sp³-hybridized carbons (Fsp3) is 0. The molecule has 2 aromatic carbocycles. The summed E-state index contributed by atoms with van der Waals surface area (Å²) in [6.07, 6.45) is 0. The molecule has 0 radical (unpaired) electrons. The van der Waals surface area contributed by atoms with E-state index >= 15 is 0 Å². The van der Waals surface area contributed by atoms with Crippen molar-refractivity contribution in [1.82, 2.24) is 0 Å².